The van der Waals surface area contributed by atoms with Gasteiger partial charge in [-0.2, -0.15) is 0 Å². The Labute approximate surface area is 120 Å². The SMILES string of the molecule is COC(=O)c1cc(N2CC(C)N(C)C(C)C2)ccc1N. The van der Waals surface area contributed by atoms with Crippen molar-refractivity contribution >= 4 is 17.3 Å². The van der Waals surface area contributed by atoms with E-state index in [-0.39, 0.29) is 5.97 Å². The Morgan fingerprint density at radius 2 is 1.90 bits per heavy atom. The van der Waals surface area contributed by atoms with Crippen LogP contribution in [0.15, 0.2) is 18.2 Å². The first-order chi connectivity index (χ1) is 9.43. The first-order valence-corrected chi connectivity index (χ1v) is 6.88. The van der Waals surface area contributed by atoms with Gasteiger partial charge in [0.25, 0.3) is 0 Å². The van der Waals surface area contributed by atoms with Gasteiger partial charge in [-0.15, -0.1) is 0 Å². The normalized spacial score (nSPS) is 23.7. The summed E-state index contributed by atoms with van der Waals surface area (Å²) in [6.45, 7) is 6.29. The third-order valence-corrected chi connectivity index (χ3v) is 4.17. The summed E-state index contributed by atoms with van der Waals surface area (Å²) in [5.41, 5.74) is 7.75. The van der Waals surface area contributed by atoms with Crippen molar-refractivity contribution in [2.24, 2.45) is 0 Å². The van der Waals surface area contributed by atoms with Crippen LogP contribution in [-0.4, -0.2) is 50.2 Å². The van der Waals surface area contributed by atoms with Crippen molar-refractivity contribution in [3.8, 4) is 0 Å². The lowest BCUT2D eigenvalue weighted by Gasteiger charge is -2.43. The maximum absolute atomic E-state index is 11.7. The number of hydrogen-bond acceptors (Lipinski definition) is 5. The van der Waals surface area contributed by atoms with E-state index in [0.29, 0.717) is 23.3 Å². The third kappa shape index (κ3) is 2.72. The highest BCUT2D eigenvalue weighted by Crippen LogP contribution is 2.25. The van der Waals surface area contributed by atoms with Gasteiger partial charge in [0.15, 0.2) is 0 Å². The average Bonchev–Trinajstić information content (AvgIpc) is 2.44. The fraction of sp³-hybridized carbons (Fsp3) is 0.533. The largest absolute Gasteiger partial charge is 0.465 e. The first-order valence-electron chi connectivity index (χ1n) is 6.88. The molecule has 1 fully saturated rings. The van der Waals surface area contributed by atoms with E-state index in [0.717, 1.165) is 18.8 Å². The number of nitrogen functional groups attached to an aromatic ring is 1. The van der Waals surface area contributed by atoms with E-state index in [9.17, 15) is 4.79 Å². The molecule has 0 radical (unpaired) electrons. The molecule has 2 rings (SSSR count). The minimum absolute atomic E-state index is 0.389. The first kappa shape index (κ1) is 14.7. The van der Waals surface area contributed by atoms with Gasteiger partial charge in [-0.3, -0.25) is 4.90 Å². The predicted molar refractivity (Wildman–Crippen MR) is 81.1 cm³/mol. The zero-order valence-electron chi connectivity index (χ0n) is 12.6. The van der Waals surface area contributed by atoms with Crippen LogP contribution in [0.1, 0.15) is 24.2 Å². The molecule has 0 amide bonds. The van der Waals surface area contributed by atoms with Crippen molar-refractivity contribution in [1.29, 1.82) is 0 Å². The van der Waals surface area contributed by atoms with Gasteiger partial charge in [-0.25, -0.2) is 4.79 Å². The summed E-state index contributed by atoms with van der Waals surface area (Å²) >= 11 is 0. The summed E-state index contributed by atoms with van der Waals surface area (Å²) in [6.07, 6.45) is 0. The zero-order valence-corrected chi connectivity index (χ0v) is 12.6. The Bertz CT molecular complexity index is 492. The van der Waals surface area contributed by atoms with Crippen molar-refractivity contribution in [1.82, 2.24) is 4.90 Å². The molecule has 1 aliphatic heterocycles. The molecule has 2 N–H and O–H groups in total. The van der Waals surface area contributed by atoms with E-state index < -0.39 is 0 Å². The number of methoxy groups -OCH3 is 1. The summed E-state index contributed by atoms with van der Waals surface area (Å²) < 4.78 is 4.77. The van der Waals surface area contributed by atoms with Crippen LogP contribution in [0.25, 0.3) is 0 Å². The number of benzene rings is 1. The second-order valence-electron chi connectivity index (χ2n) is 5.53. The molecule has 20 heavy (non-hydrogen) atoms. The fourth-order valence-electron chi connectivity index (χ4n) is 2.64. The van der Waals surface area contributed by atoms with Crippen LogP contribution in [-0.2, 0) is 4.74 Å². The van der Waals surface area contributed by atoms with E-state index >= 15 is 0 Å². The number of piperazine rings is 1. The minimum Gasteiger partial charge on any atom is -0.465 e. The number of nitrogens with zero attached hydrogens (tertiary/aromatic N) is 2. The topological polar surface area (TPSA) is 58.8 Å². The summed E-state index contributed by atoms with van der Waals surface area (Å²) in [7, 11) is 3.52. The van der Waals surface area contributed by atoms with E-state index in [1.807, 2.05) is 12.1 Å². The molecule has 2 atom stereocenters. The smallest absolute Gasteiger partial charge is 0.340 e. The van der Waals surface area contributed by atoms with E-state index in [2.05, 4.69) is 30.7 Å². The maximum Gasteiger partial charge on any atom is 0.340 e. The van der Waals surface area contributed by atoms with Crippen LogP contribution in [0.2, 0.25) is 0 Å². The van der Waals surface area contributed by atoms with Crippen molar-refractivity contribution < 1.29 is 9.53 Å². The van der Waals surface area contributed by atoms with E-state index in [1.165, 1.54) is 7.11 Å². The third-order valence-electron chi connectivity index (χ3n) is 4.17. The van der Waals surface area contributed by atoms with Gasteiger partial charge in [0.2, 0.25) is 0 Å². The Hall–Kier alpha value is -1.75. The zero-order chi connectivity index (χ0) is 14.9. The highest BCUT2D eigenvalue weighted by atomic mass is 16.5. The number of anilines is 2. The fourth-order valence-corrected chi connectivity index (χ4v) is 2.64. The van der Waals surface area contributed by atoms with Gasteiger partial charge in [-0.05, 0) is 39.1 Å². The molecule has 0 spiro atoms. The van der Waals surface area contributed by atoms with Gasteiger partial charge >= 0.3 is 5.97 Å². The van der Waals surface area contributed by atoms with Gasteiger partial charge in [0.05, 0.1) is 12.7 Å². The molecule has 1 heterocycles. The number of esters is 1. The molecule has 1 saturated heterocycles. The van der Waals surface area contributed by atoms with Crippen LogP contribution in [0.3, 0.4) is 0 Å². The van der Waals surface area contributed by atoms with Crippen LogP contribution < -0.4 is 10.6 Å². The molecule has 0 saturated carbocycles. The van der Waals surface area contributed by atoms with Gasteiger partial charge < -0.3 is 15.4 Å². The lowest BCUT2D eigenvalue weighted by molar-refractivity contribution is 0.0602. The van der Waals surface area contributed by atoms with Crippen molar-refractivity contribution in [2.75, 3.05) is 37.9 Å². The Kier molecular flexibility index (Phi) is 4.18. The standard InChI is InChI=1S/C15H23N3O2/c1-10-8-18(9-11(2)17(10)3)12-5-6-14(16)13(7-12)15(19)20-4/h5-7,10-11H,8-9,16H2,1-4H3. The van der Waals surface area contributed by atoms with Crippen LogP contribution >= 0.6 is 0 Å². The molecular formula is C15H23N3O2. The van der Waals surface area contributed by atoms with Gasteiger partial charge in [0.1, 0.15) is 0 Å². The molecule has 5 nitrogen and oxygen atoms in total. The monoisotopic (exact) mass is 277 g/mol. The second kappa shape index (κ2) is 5.71. The molecule has 5 heteroatoms. The lowest BCUT2D eigenvalue weighted by atomic mass is 10.1. The van der Waals surface area contributed by atoms with Crippen molar-refractivity contribution in [2.45, 2.75) is 25.9 Å². The van der Waals surface area contributed by atoms with E-state index in [4.69, 9.17) is 10.5 Å². The number of carbonyl (C=O) groups excluding carboxylic acids is 1. The second-order valence-corrected chi connectivity index (χ2v) is 5.53. The highest BCUT2D eigenvalue weighted by molar-refractivity contribution is 5.96. The number of likely N-dealkylation sites (N-methyl/N-ethyl adjacent to an activating group) is 1. The number of carbonyl (C=O) groups is 1. The molecule has 0 aromatic heterocycles. The highest BCUT2D eigenvalue weighted by Gasteiger charge is 2.27. The number of nitrogens with two attached hydrogens (primary N) is 1. The Morgan fingerprint density at radius 1 is 1.30 bits per heavy atom. The molecule has 110 valence electrons. The van der Waals surface area contributed by atoms with Gasteiger partial charge in [0, 0.05) is 36.5 Å². The van der Waals surface area contributed by atoms with Gasteiger partial charge in [-0.1, -0.05) is 0 Å². The molecular weight excluding hydrogens is 254 g/mol. The van der Waals surface area contributed by atoms with E-state index in [1.54, 1.807) is 6.07 Å². The van der Waals surface area contributed by atoms with Crippen LogP contribution in [0, 0.1) is 0 Å². The number of hydrogen-bond donors (Lipinski definition) is 1. The van der Waals surface area contributed by atoms with Crippen molar-refractivity contribution in [3.63, 3.8) is 0 Å². The number of ether oxygens (including phenoxy) is 1. The Morgan fingerprint density at radius 3 is 2.45 bits per heavy atom. The molecule has 1 aliphatic rings. The van der Waals surface area contributed by atoms with Crippen molar-refractivity contribution in [3.05, 3.63) is 23.8 Å². The molecule has 1 aromatic carbocycles. The summed E-state index contributed by atoms with van der Waals surface area (Å²) in [5, 5.41) is 0. The van der Waals surface area contributed by atoms with Crippen LogP contribution in [0.4, 0.5) is 11.4 Å². The maximum atomic E-state index is 11.7. The number of rotatable bonds is 2. The molecule has 1 aromatic rings. The predicted octanol–water partition coefficient (Wildman–Crippen LogP) is 1.58. The van der Waals surface area contributed by atoms with Crippen LogP contribution in [0.5, 0.6) is 0 Å². The minimum atomic E-state index is -0.389. The Balaban J connectivity index is 2.27. The molecule has 0 bridgehead atoms. The summed E-state index contributed by atoms with van der Waals surface area (Å²) in [4.78, 5) is 16.4. The summed E-state index contributed by atoms with van der Waals surface area (Å²) in [6, 6.07) is 6.50. The quantitative estimate of drug-likeness (QED) is 0.657. The lowest BCUT2D eigenvalue weighted by Crippen LogP contribution is -2.55. The molecule has 0 aliphatic carbocycles. The molecule has 2 unspecified atom stereocenters. The summed E-state index contributed by atoms with van der Waals surface area (Å²) in [5.74, 6) is -0.389. The average molecular weight is 277 g/mol.